The van der Waals surface area contributed by atoms with Crippen LogP contribution in [-0.2, 0) is 19.5 Å². The molecule has 0 amide bonds. The number of nitrogens with two attached hydrogens (primary N) is 1. The fraction of sp³-hybridized carbons (Fsp3) is 0.286. The summed E-state index contributed by atoms with van der Waals surface area (Å²) in [6, 6.07) is 10.6. The fourth-order valence-corrected chi connectivity index (χ4v) is 3.55. The molecule has 2 aromatic rings. The van der Waals surface area contributed by atoms with Crippen LogP contribution in [0.15, 0.2) is 35.7 Å². The minimum atomic E-state index is 0.678. The van der Waals surface area contributed by atoms with E-state index < -0.39 is 0 Å². The lowest BCUT2D eigenvalue weighted by Gasteiger charge is -2.29. The summed E-state index contributed by atoms with van der Waals surface area (Å²) in [4.78, 5) is 3.93. The number of benzene rings is 1. The zero-order valence-electron chi connectivity index (χ0n) is 9.73. The molecule has 0 saturated carbocycles. The van der Waals surface area contributed by atoms with Gasteiger partial charge in [0.1, 0.15) is 0 Å². The molecule has 0 spiro atoms. The smallest absolute Gasteiger partial charge is 0.0525 e. The van der Waals surface area contributed by atoms with Gasteiger partial charge in [-0.2, -0.15) is 0 Å². The number of thiophene rings is 1. The number of hydrogen-bond acceptors (Lipinski definition) is 3. The zero-order chi connectivity index (χ0) is 11.7. The molecule has 0 fully saturated rings. The molecule has 17 heavy (non-hydrogen) atoms. The summed E-state index contributed by atoms with van der Waals surface area (Å²) >= 11 is 1.85. The quantitative estimate of drug-likeness (QED) is 0.880. The van der Waals surface area contributed by atoms with Gasteiger partial charge < -0.3 is 10.6 Å². The Bertz CT molecular complexity index is 504. The topological polar surface area (TPSA) is 29.3 Å². The van der Waals surface area contributed by atoms with Gasteiger partial charge in [0, 0.05) is 23.7 Å². The fourth-order valence-electron chi connectivity index (χ4n) is 2.43. The van der Waals surface area contributed by atoms with E-state index in [1.165, 1.54) is 21.7 Å². The predicted octanol–water partition coefficient (Wildman–Crippen LogP) is 2.77. The van der Waals surface area contributed by atoms with Crippen molar-refractivity contribution in [1.29, 1.82) is 0 Å². The van der Waals surface area contributed by atoms with Crippen LogP contribution in [0, 0.1) is 0 Å². The minimum absolute atomic E-state index is 0.678. The SMILES string of the molecule is NCc1csc2c1CCN(c1ccccc1)C2. The highest BCUT2D eigenvalue weighted by Crippen LogP contribution is 2.30. The van der Waals surface area contributed by atoms with Gasteiger partial charge >= 0.3 is 0 Å². The van der Waals surface area contributed by atoms with Crippen LogP contribution in [0.4, 0.5) is 5.69 Å². The average Bonchev–Trinajstić information content (AvgIpc) is 2.81. The van der Waals surface area contributed by atoms with E-state index >= 15 is 0 Å². The molecule has 2 N–H and O–H groups in total. The van der Waals surface area contributed by atoms with Gasteiger partial charge in [0.2, 0.25) is 0 Å². The molecule has 0 radical (unpaired) electrons. The molecule has 1 aromatic heterocycles. The second-order valence-electron chi connectivity index (χ2n) is 4.37. The molecule has 3 rings (SSSR count). The third-order valence-corrected chi connectivity index (χ3v) is 4.44. The van der Waals surface area contributed by atoms with Gasteiger partial charge in [0.05, 0.1) is 6.54 Å². The summed E-state index contributed by atoms with van der Waals surface area (Å²) in [5.41, 5.74) is 9.93. The number of para-hydroxylation sites is 1. The summed E-state index contributed by atoms with van der Waals surface area (Å²) in [6.45, 7) is 2.81. The third kappa shape index (κ3) is 1.96. The van der Waals surface area contributed by atoms with Crippen LogP contribution >= 0.6 is 11.3 Å². The first-order valence-electron chi connectivity index (χ1n) is 5.96. The Labute approximate surface area is 106 Å². The lowest BCUT2D eigenvalue weighted by molar-refractivity contribution is 0.737. The van der Waals surface area contributed by atoms with E-state index in [1.807, 2.05) is 11.3 Å². The van der Waals surface area contributed by atoms with Gasteiger partial charge in [-0.3, -0.25) is 0 Å². The average molecular weight is 244 g/mol. The second-order valence-corrected chi connectivity index (χ2v) is 5.34. The maximum absolute atomic E-state index is 5.76. The van der Waals surface area contributed by atoms with E-state index in [2.05, 4.69) is 40.6 Å². The Morgan fingerprint density at radius 2 is 2.06 bits per heavy atom. The Kier molecular flexibility index (Phi) is 2.87. The molecular formula is C14H16N2S. The van der Waals surface area contributed by atoms with E-state index in [1.54, 1.807) is 0 Å². The van der Waals surface area contributed by atoms with Crippen molar-refractivity contribution in [2.75, 3.05) is 11.4 Å². The monoisotopic (exact) mass is 244 g/mol. The number of anilines is 1. The molecule has 1 aliphatic rings. The Morgan fingerprint density at radius 3 is 2.82 bits per heavy atom. The zero-order valence-corrected chi connectivity index (χ0v) is 10.5. The maximum atomic E-state index is 5.76. The number of fused-ring (bicyclic) bond motifs is 1. The van der Waals surface area contributed by atoms with Crippen LogP contribution in [0.3, 0.4) is 0 Å². The van der Waals surface area contributed by atoms with Crippen LogP contribution in [0.2, 0.25) is 0 Å². The van der Waals surface area contributed by atoms with Crippen LogP contribution in [0.5, 0.6) is 0 Å². The number of rotatable bonds is 2. The molecule has 0 saturated heterocycles. The van der Waals surface area contributed by atoms with Gasteiger partial charge in [0.15, 0.2) is 0 Å². The van der Waals surface area contributed by atoms with E-state index in [4.69, 9.17) is 5.73 Å². The van der Waals surface area contributed by atoms with Gasteiger partial charge in [-0.15, -0.1) is 11.3 Å². The molecule has 2 nitrogen and oxygen atoms in total. The Hall–Kier alpha value is -1.32. The van der Waals surface area contributed by atoms with Crippen molar-refractivity contribution in [3.8, 4) is 0 Å². The standard InChI is InChI=1S/C14H16N2S/c15-8-11-10-17-14-9-16(7-6-13(11)14)12-4-2-1-3-5-12/h1-5,10H,6-9,15H2. The Balaban J connectivity index is 1.86. The molecule has 3 heteroatoms. The van der Waals surface area contributed by atoms with Crippen LogP contribution < -0.4 is 10.6 Å². The van der Waals surface area contributed by atoms with Gasteiger partial charge in [-0.1, -0.05) is 18.2 Å². The predicted molar refractivity (Wildman–Crippen MR) is 73.4 cm³/mol. The van der Waals surface area contributed by atoms with Crippen LogP contribution in [0.25, 0.3) is 0 Å². The largest absolute Gasteiger partial charge is 0.366 e. The Morgan fingerprint density at radius 1 is 1.24 bits per heavy atom. The molecule has 0 unspecified atom stereocenters. The van der Waals surface area contributed by atoms with Gasteiger partial charge in [0.25, 0.3) is 0 Å². The summed E-state index contributed by atoms with van der Waals surface area (Å²) in [5.74, 6) is 0. The van der Waals surface area contributed by atoms with Gasteiger partial charge in [-0.25, -0.2) is 0 Å². The van der Waals surface area contributed by atoms with Crippen molar-refractivity contribution >= 4 is 17.0 Å². The molecule has 0 bridgehead atoms. The maximum Gasteiger partial charge on any atom is 0.0525 e. The minimum Gasteiger partial charge on any atom is -0.366 e. The lowest BCUT2D eigenvalue weighted by Crippen LogP contribution is -2.29. The first-order valence-corrected chi connectivity index (χ1v) is 6.84. The summed E-state index contributed by atoms with van der Waals surface area (Å²) in [5, 5.41) is 2.22. The summed E-state index contributed by atoms with van der Waals surface area (Å²) < 4.78 is 0. The van der Waals surface area contributed by atoms with Crippen molar-refractivity contribution < 1.29 is 0 Å². The van der Waals surface area contributed by atoms with Crippen molar-refractivity contribution in [1.82, 2.24) is 0 Å². The van der Waals surface area contributed by atoms with Crippen LogP contribution in [-0.4, -0.2) is 6.54 Å². The van der Waals surface area contributed by atoms with E-state index in [0.717, 1.165) is 19.5 Å². The first-order chi connectivity index (χ1) is 8.38. The normalized spacial score (nSPS) is 14.8. The third-order valence-electron chi connectivity index (χ3n) is 3.38. The molecule has 0 atom stereocenters. The van der Waals surface area contributed by atoms with Crippen molar-refractivity contribution in [2.45, 2.75) is 19.5 Å². The van der Waals surface area contributed by atoms with E-state index in [9.17, 15) is 0 Å². The molecule has 88 valence electrons. The molecule has 1 aliphatic heterocycles. The summed E-state index contributed by atoms with van der Waals surface area (Å²) in [6.07, 6.45) is 1.13. The highest BCUT2D eigenvalue weighted by atomic mass is 32.1. The highest BCUT2D eigenvalue weighted by Gasteiger charge is 2.20. The van der Waals surface area contributed by atoms with E-state index in [-0.39, 0.29) is 0 Å². The number of hydrogen-bond donors (Lipinski definition) is 1. The molecule has 0 aliphatic carbocycles. The van der Waals surface area contributed by atoms with Crippen LogP contribution in [0.1, 0.15) is 16.0 Å². The molecule has 2 heterocycles. The van der Waals surface area contributed by atoms with Gasteiger partial charge in [-0.05, 0) is 35.1 Å². The van der Waals surface area contributed by atoms with Crippen molar-refractivity contribution in [3.05, 3.63) is 51.7 Å². The first kappa shape index (κ1) is 10.8. The van der Waals surface area contributed by atoms with Crippen molar-refractivity contribution in [2.24, 2.45) is 5.73 Å². The number of nitrogens with zero attached hydrogens (tertiary/aromatic N) is 1. The van der Waals surface area contributed by atoms with Crippen molar-refractivity contribution in [3.63, 3.8) is 0 Å². The lowest BCUT2D eigenvalue weighted by atomic mass is 10.0. The molecule has 1 aromatic carbocycles. The summed E-state index contributed by atoms with van der Waals surface area (Å²) in [7, 11) is 0. The molecular weight excluding hydrogens is 228 g/mol. The second kappa shape index (κ2) is 4.51. The highest BCUT2D eigenvalue weighted by molar-refractivity contribution is 7.10. The van der Waals surface area contributed by atoms with E-state index in [0.29, 0.717) is 6.54 Å².